The van der Waals surface area contributed by atoms with Crippen molar-refractivity contribution >= 4 is 0 Å². The van der Waals surface area contributed by atoms with Crippen molar-refractivity contribution in [2.75, 3.05) is 0 Å². The van der Waals surface area contributed by atoms with Gasteiger partial charge >= 0.3 is 0 Å². The SMILES string of the molecule is CCC(C)(C#N)C(O)CC(C)c1ccccc1. The molecule has 0 saturated carbocycles. The van der Waals surface area contributed by atoms with E-state index in [-0.39, 0.29) is 5.92 Å². The molecule has 0 spiro atoms. The lowest BCUT2D eigenvalue weighted by atomic mass is 9.78. The van der Waals surface area contributed by atoms with Crippen LogP contribution in [-0.4, -0.2) is 11.2 Å². The minimum atomic E-state index is -0.636. The largest absolute Gasteiger partial charge is 0.391 e. The summed E-state index contributed by atoms with van der Waals surface area (Å²) in [7, 11) is 0. The van der Waals surface area contributed by atoms with Gasteiger partial charge in [-0.05, 0) is 31.2 Å². The minimum Gasteiger partial charge on any atom is -0.391 e. The molecule has 3 unspecified atom stereocenters. The molecule has 2 nitrogen and oxygen atoms in total. The molecular formula is C15H21NO. The molecule has 3 atom stereocenters. The lowest BCUT2D eigenvalue weighted by Crippen LogP contribution is -2.31. The fraction of sp³-hybridized carbons (Fsp3) is 0.533. The van der Waals surface area contributed by atoms with Crippen LogP contribution in [0.15, 0.2) is 30.3 Å². The van der Waals surface area contributed by atoms with Gasteiger partial charge in [-0.1, -0.05) is 44.2 Å². The molecule has 17 heavy (non-hydrogen) atoms. The fourth-order valence-electron chi connectivity index (χ4n) is 1.90. The van der Waals surface area contributed by atoms with E-state index in [2.05, 4.69) is 25.1 Å². The zero-order valence-corrected chi connectivity index (χ0v) is 10.9. The number of aliphatic hydroxyl groups is 1. The summed E-state index contributed by atoms with van der Waals surface area (Å²) in [5.41, 5.74) is 0.575. The molecule has 1 rings (SSSR count). The molecule has 92 valence electrons. The van der Waals surface area contributed by atoms with Crippen molar-refractivity contribution in [3.8, 4) is 6.07 Å². The Morgan fingerprint density at radius 1 is 1.35 bits per heavy atom. The molecule has 1 aromatic rings. The Morgan fingerprint density at radius 2 is 1.94 bits per heavy atom. The summed E-state index contributed by atoms with van der Waals surface area (Å²) in [6.07, 6.45) is 0.723. The maximum atomic E-state index is 10.2. The summed E-state index contributed by atoms with van der Waals surface area (Å²) in [4.78, 5) is 0. The van der Waals surface area contributed by atoms with Crippen molar-refractivity contribution < 1.29 is 5.11 Å². The summed E-state index contributed by atoms with van der Waals surface area (Å²) in [6.45, 7) is 5.86. The standard InChI is InChI=1S/C15H21NO/c1-4-15(3,11-16)14(17)10-12(2)13-8-6-5-7-9-13/h5-9,12,14,17H,4,10H2,1-3H3. The van der Waals surface area contributed by atoms with Crippen LogP contribution in [0.1, 0.15) is 45.1 Å². The Morgan fingerprint density at radius 3 is 2.41 bits per heavy atom. The molecule has 0 bridgehead atoms. The fourth-order valence-corrected chi connectivity index (χ4v) is 1.90. The van der Waals surface area contributed by atoms with Gasteiger partial charge < -0.3 is 5.11 Å². The van der Waals surface area contributed by atoms with E-state index in [4.69, 9.17) is 5.26 Å². The summed E-state index contributed by atoms with van der Waals surface area (Å²) < 4.78 is 0. The van der Waals surface area contributed by atoms with Crippen LogP contribution in [0.3, 0.4) is 0 Å². The molecule has 0 aliphatic carbocycles. The zero-order chi connectivity index (χ0) is 12.9. The molecule has 0 heterocycles. The summed E-state index contributed by atoms with van der Waals surface area (Å²) >= 11 is 0. The van der Waals surface area contributed by atoms with Gasteiger partial charge in [-0.25, -0.2) is 0 Å². The van der Waals surface area contributed by atoms with Crippen LogP contribution in [0.2, 0.25) is 0 Å². The second-order valence-corrected chi connectivity index (χ2v) is 4.95. The van der Waals surface area contributed by atoms with E-state index < -0.39 is 11.5 Å². The Labute approximate surface area is 104 Å². The lowest BCUT2D eigenvalue weighted by molar-refractivity contribution is 0.0596. The Hall–Kier alpha value is -1.33. The van der Waals surface area contributed by atoms with Gasteiger partial charge in [-0.2, -0.15) is 5.26 Å². The Kier molecular flexibility index (Phi) is 4.72. The smallest absolute Gasteiger partial charge is 0.0801 e. The van der Waals surface area contributed by atoms with Crippen molar-refractivity contribution in [3.05, 3.63) is 35.9 Å². The highest BCUT2D eigenvalue weighted by Crippen LogP contribution is 2.31. The number of benzene rings is 1. The molecule has 0 fully saturated rings. The first-order valence-corrected chi connectivity index (χ1v) is 6.17. The van der Waals surface area contributed by atoms with Crippen molar-refractivity contribution in [1.29, 1.82) is 5.26 Å². The highest BCUT2D eigenvalue weighted by Gasteiger charge is 2.32. The normalized spacial score (nSPS) is 17.8. The molecular weight excluding hydrogens is 210 g/mol. The maximum Gasteiger partial charge on any atom is 0.0801 e. The van der Waals surface area contributed by atoms with Crippen LogP contribution >= 0.6 is 0 Å². The average Bonchev–Trinajstić information content (AvgIpc) is 2.38. The lowest BCUT2D eigenvalue weighted by Gasteiger charge is -2.28. The zero-order valence-electron chi connectivity index (χ0n) is 10.9. The minimum absolute atomic E-state index is 0.269. The molecule has 0 saturated heterocycles. The van der Waals surface area contributed by atoms with Gasteiger partial charge in [0.25, 0.3) is 0 Å². The molecule has 0 aromatic heterocycles. The predicted molar refractivity (Wildman–Crippen MR) is 69.5 cm³/mol. The third-order valence-electron chi connectivity index (χ3n) is 3.67. The van der Waals surface area contributed by atoms with Gasteiger partial charge in [0.2, 0.25) is 0 Å². The Bertz CT molecular complexity index is 382. The molecule has 1 N–H and O–H groups in total. The van der Waals surface area contributed by atoms with E-state index >= 15 is 0 Å². The number of nitriles is 1. The number of aliphatic hydroxyl groups excluding tert-OH is 1. The topological polar surface area (TPSA) is 44.0 Å². The van der Waals surface area contributed by atoms with Gasteiger partial charge in [0.1, 0.15) is 0 Å². The first-order valence-electron chi connectivity index (χ1n) is 6.17. The van der Waals surface area contributed by atoms with Gasteiger partial charge in [0.15, 0.2) is 0 Å². The molecule has 0 aliphatic heterocycles. The van der Waals surface area contributed by atoms with Crippen LogP contribution in [0.5, 0.6) is 0 Å². The third kappa shape index (κ3) is 3.31. The van der Waals surface area contributed by atoms with Crippen molar-refractivity contribution in [1.82, 2.24) is 0 Å². The van der Waals surface area contributed by atoms with E-state index in [1.807, 2.05) is 32.0 Å². The molecule has 0 radical (unpaired) electrons. The van der Waals surface area contributed by atoms with Crippen LogP contribution in [-0.2, 0) is 0 Å². The van der Waals surface area contributed by atoms with E-state index in [9.17, 15) is 5.11 Å². The van der Waals surface area contributed by atoms with Gasteiger partial charge in [-0.15, -0.1) is 0 Å². The van der Waals surface area contributed by atoms with Crippen molar-refractivity contribution in [2.24, 2.45) is 5.41 Å². The predicted octanol–water partition coefficient (Wildman–Crippen LogP) is 3.48. The van der Waals surface area contributed by atoms with E-state index in [1.54, 1.807) is 0 Å². The van der Waals surface area contributed by atoms with Crippen molar-refractivity contribution in [2.45, 2.75) is 45.6 Å². The highest BCUT2D eigenvalue weighted by molar-refractivity contribution is 5.19. The summed E-state index contributed by atoms with van der Waals surface area (Å²) in [5, 5.41) is 19.3. The van der Waals surface area contributed by atoms with Gasteiger partial charge in [-0.3, -0.25) is 0 Å². The second kappa shape index (κ2) is 5.84. The molecule has 0 amide bonds. The van der Waals surface area contributed by atoms with E-state index in [0.29, 0.717) is 12.8 Å². The molecule has 0 aliphatic rings. The maximum absolute atomic E-state index is 10.2. The number of hydrogen-bond donors (Lipinski definition) is 1. The Balaban J connectivity index is 2.70. The average molecular weight is 231 g/mol. The van der Waals surface area contributed by atoms with Crippen LogP contribution in [0.25, 0.3) is 0 Å². The van der Waals surface area contributed by atoms with Crippen molar-refractivity contribution in [3.63, 3.8) is 0 Å². The van der Waals surface area contributed by atoms with E-state index in [1.165, 1.54) is 5.56 Å². The van der Waals surface area contributed by atoms with Crippen LogP contribution < -0.4 is 0 Å². The number of nitrogens with zero attached hydrogens (tertiary/aromatic N) is 1. The van der Waals surface area contributed by atoms with E-state index in [0.717, 1.165) is 0 Å². The monoisotopic (exact) mass is 231 g/mol. The van der Waals surface area contributed by atoms with Gasteiger partial charge in [0, 0.05) is 0 Å². The third-order valence-corrected chi connectivity index (χ3v) is 3.67. The molecule has 2 heteroatoms. The van der Waals surface area contributed by atoms with Crippen LogP contribution in [0, 0.1) is 16.7 Å². The highest BCUT2D eigenvalue weighted by atomic mass is 16.3. The second-order valence-electron chi connectivity index (χ2n) is 4.95. The first-order chi connectivity index (χ1) is 8.03. The first kappa shape index (κ1) is 13.7. The number of hydrogen-bond acceptors (Lipinski definition) is 2. The van der Waals surface area contributed by atoms with Crippen LogP contribution in [0.4, 0.5) is 0 Å². The number of rotatable bonds is 5. The molecule has 1 aromatic carbocycles. The summed E-state index contributed by atoms with van der Waals surface area (Å²) in [5.74, 6) is 0.269. The van der Waals surface area contributed by atoms with Gasteiger partial charge in [0.05, 0.1) is 17.6 Å². The summed E-state index contributed by atoms with van der Waals surface area (Å²) in [6, 6.07) is 12.3. The quantitative estimate of drug-likeness (QED) is 0.843.